The fourth-order valence-corrected chi connectivity index (χ4v) is 5.99. The Kier molecular flexibility index (Phi) is 4.75. The number of nitrogens with zero attached hydrogens (tertiary/aromatic N) is 2. The Bertz CT molecular complexity index is 1110. The van der Waals surface area contributed by atoms with Crippen LogP contribution in [0.4, 0.5) is 29.3 Å². The van der Waals surface area contributed by atoms with Gasteiger partial charge in [-0.25, -0.2) is 13.2 Å². The van der Waals surface area contributed by atoms with Gasteiger partial charge in [0.25, 0.3) is 0 Å². The van der Waals surface area contributed by atoms with E-state index in [-0.39, 0.29) is 27.2 Å². The molecule has 0 radical (unpaired) electrons. The van der Waals surface area contributed by atoms with E-state index in [1.165, 1.54) is 35.2 Å². The molecule has 2 aliphatic rings. The van der Waals surface area contributed by atoms with E-state index in [0.717, 1.165) is 17.0 Å². The van der Waals surface area contributed by atoms with Crippen molar-refractivity contribution in [2.75, 3.05) is 21.3 Å². The van der Waals surface area contributed by atoms with Gasteiger partial charge in [0.05, 0.1) is 39.2 Å². The minimum Gasteiger partial charge on any atom is -0.288 e. The molecule has 2 aromatic carbocycles. The molecule has 154 valence electrons. The van der Waals surface area contributed by atoms with Crippen molar-refractivity contribution in [3.05, 3.63) is 58.1 Å². The molecular weight excluding hydrogens is 452 g/mol. The van der Waals surface area contributed by atoms with Crippen LogP contribution in [-0.2, 0) is 16.0 Å². The van der Waals surface area contributed by atoms with Gasteiger partial charge in [-0.1, -0.05) is 29.3 Å². The Hall–Kier alpha value is -1.97. The predicted octanol–water partition coefficient (Wildman–Crippen LogP) is 4.62. The number of halogens is 5. The Morgan fingerprint density at radius 3 is 2.03 bits per heavy atom. The minimum atomic E-state index is -4.59. The zero-order chi connectivity index (χ0) is 21.1. The van der Waals surface area contributed by atoms with Gasteiger partial charge in [0.1, 0.15) is 0 Å². The third kappa shape index (κ3) is 3.55. The van der Waals surface area contributed by atoms with Crippen LogP contribution >= 0.6 is 23.2 Å². The molecule has 2 unspecified atom stereocenters. The van der Waals surface area contributed by atoms with Crippen molar-refractivity contribution in [3.63, 3.8) is 0 Å². The van der Waals surface area contributed by atoms with Crippen LogP contribution in [0.3, 0.4) is 0 Å². The van der Waals surface area contributed by atoms with Crippen molar-refractivity contribution in [1.29, 1.82) is 0 Å². The lowest BCUT2D eigenvalue weighted by Crippen LogP contribution is -2.38. The number of urea groups is 1. The molecule has 2 heterocycles. The van der Waals surface area contributed by atoms with E-state index in [1.54, 1.807) is 0 Å². The van der Waals surface area contributed by atoms with Crippen molar-refractivity contribution in [3.8, 4) is 0 Å². The van der Waals surface area contributed by atoms with Crippen LogP contribution in [0, 0.1) is 0 Å². The average Bonchev–Trinajstić information content (AvgIpc) is 3.05. The van der Waals surface area contributed by atoms with E-state index in [9.17, 15) is 26.4 Å². The molecule has 0 bridgehead atoms. The molecule has 2 aromatic rings. The van der Waals surface area contributed by atoms with Gasteiger partial charge in [0.2, 0.25) is 0 Å². The van der Waals surface area contributed by atoms with Crippen LogP contribution in [0.15, 0.2) is 42.5 Å². The summed E-state index contributed by atoms with van der Waals surface area (Å²) in [5.74, 6) is -0.628. The number of rotatable bonds is 2. The monoisotopic (exact) mass is 464 g/mol. The summed E-state index contributed by atoms with van der Waals surface area (Å²) in [6.07, 6.45) is -4.59. The van der Waals surface area contributed by atoms with Crippen molar-refractivity contribution in [1.82, 2.24) is 0 Å². The van der Waals surface area contributed by atoms with Gasteiger partial charge in [-0.15, -0.1) is 0 Å². The summed E-state index contributed by atoms with van der Waals surface area (Å²) in [7, 11) is -3.48. The number of amides is 2. The highest BCUT2D eigenvalue weighted by Gasteiger charge is 2.54. The molecule has 0 saturated carbocycles. The number of carbonyl (C=O) groups excluding carboxylic acids is 1. The summed E-state index contributed by atoms with van der Waals surface area (Å²) in [5, 5.41) is 0.430. The van der Waals surface area contributed by atoms with Crippen LogP contribution in [-0.4, -0.2) is 38.0 Å². The lowest BCUT2D eigenvalue weighted by Gasteiger charge is -2.23. The quantitative estimate of drug-likeness (QED) is 0.609. The Morgan fingerprint density at radius 1 is 0.897 bits per heavy atom. The fourth-order valence-electron chi connectivity index (χ4n) is 3.77. The average molecular weight is 465 g/mol. The van der Waals surface area contributed by atoms with Crippen molar-refractivity contribution < 1.29 is 26.4 Å². The highest BCUT2D eigenvalue weighted by molar-refractivity contribution is 7.91. The SMILES string of the molecule is O=C1N(c2cccc(C(F)(F)F)c2)C2CS(=O)(=O)CC2N1c1ccc(Cl)c(Cl)c1. The molecule has 4 rings (SSSR count). The summed E-state index contributed by atoms with van der Waals surface area (Å²) in [4.78, 5) is 15.6. The summed E-state index contributed by atoms with van der Waals surface area (Å²) in [6.45, 7) is 0. The molecular formula is C18H13Cl2F3N2O3S. The number of carbonyl (C=O) groups is 1. The minimum absolute atomic E-state index is 0.0144. The van der Waals surface area contributed by atoms with Gasteiger partial charge < -0.3 is 0 Å². The normalized spacial score (nSPS) is 23.6. The smallest absolute Gasteiger partial charge is 0.288 e. The maximum absolute atomic E-state index is 13.2. The third-order valence-corrected chi connectivity index (χ3v) is 7.44. The van der Waals surface area contributed by atoms with E-state index in [4.69, 9.17) is 23.2 Å². The topological polar surface area (TPSA) is 57.7 Å². The third-order valence-electron chi connectivity index (χ3n) is 5.00. The Morgan fingerprint density at radius 2 is 1.48 bits per heavy atom. The van der Waals surface area contributed by atoms with Gasteiger partial charge in [0.15, 0.2) is 9.84 Å². The maximum atomic E-state index is 13.2. The second-order valence-electron chi connectivity index (χ2n) is 6.88. The molecule has 0 spiro atoms. The molecule has 2 saturated heterocycles. The molecule has 0 aromatic heterocycles. The highest BCUT2D eigenvalue weighted by atomic mass is 35.5. The lowest BCUT2D eigenvalue weighted by molar-refractivity contribution is -0.137. The zero-order valence-corrected chi connectivity index (χ0v) is 16.9. The number of sulfone groups is 1. The molecule has 11 heteroatoms. The summed E-state index contributed by atoms with van der Waals surface area (Å²) >= 11 is 12.0. The van der Waals surface area contributed by atoms with Crippen LogP contribution in [0.5, 0.6) is 0 Å². The lowest BCUT2D eigenvalue weighted by atomic mass is 10.1. The molecule has 0 N–H and O–H groups in total. The van der Waals surface area contributed by atoms with Crippen molar-refractivity contribution in [2.45, 2.75) is 18.3 Å². The molecule has 2 atom stereocenters. The van der Waals surface area contributed by atoms with Gasteiger partial charge in [-0.2, -0.15) is 13.2 Å². The standard InChI is InChI=1S/C18H13Cl2F3N2O3S/c19-13-5-4-12(7-14(13)20)25-16-9-29(27,28)8-15(16)24(17(25)26)11-3-1-2-10(6-11)18(21,22)23/h1-7,15-16H,8-9H2. The van der Waals surface area contributed by atoms with Gasteiger partial charge in [-0.05, 0) is 36.4 Å². The number of anilines is 2. The van der Waals surface area contributed by atoms with Gasteiger partial charge in [0, 0.05) is 11.4 Å². The largest absolute Gasteiger partial charge is 0.416 e. The first-order valence-electron chi connectivity index (χ1n) is 8.43. The highest BCUT2D eigenvalue weighted by Crippen LogP contribution is 2.40. The number of hydrogen-bond acceptors (Lipinski definition) is 3. The summed E-state index contributed by atoms with van der Waals surface area (Å²) < 4.78 is 63.9. The van der Waals surface area contributed by atoms with E-state index in [1.807, 2.05) is 0 Å². The summed E-state index contributed by atoms with van der Waals surface area (Å²) in [6, 6.07) is 6.51. The van der Waals surface area contributed by atoms with Crippen LogP contribution in [0.2, 0.25) is 10.0 Å². The first-order chi connectivity index (χ1) is 13.5. The van der Waals surface area contributed by atoms with E-state index in [2.05, 4.69) is 0 Å². The number of alkyl halides is 3. The molecule has 2 amide bonds. The van der Waals surface area contributed by atoms with E-state index in [0.29, 0.717) is 5.69 Å². The maximum Gasteiger partial charge on any atom is 0.416 e. The van der Waals surface area contributed by atoms with E-state index >= 15 is 0 Å². The van der Waals surface area contributed by atoms with Crippen LogP contribution in [0.25, 0.3) is 0 Å². The van der Waals surface area contributed by atoms with Crippen LogP contribution < -0.4 is 9.80 Å². The predicted molar refractivity (Wildman–Crippen MR) is 104 cm³/mol. The molecule has 2 aliphatic heterocycles. The second kappa shape index (κ2) is 6.78. The Balaban J connectivity index is 1.81. The van der Waals surface area contributed by atoms with Crippen molar-refractivity contribution >= 4 is 50.4 Å². The first-order valence-corrected chi connectivity index (χ1v) is 11.0. The number of hydrogen-bond donors (Lipinski definition) is 0. The molecule has 0 aliphatic carbocycles. The van der Waals surface area contributed by atoms with E-state index < -0.39 is 39.7 Å². The zero-order valence-electron chi connectivity index (χ0n) is 14.5. The first kappa shape index (κ1) is 20.3. The molecule has 29 heavy (non-hydrogen) atoms. The van der Waals surface area contributed by atoms with Crippen LogP contribution in [0.1, 0.15) is 5.56 Å². The van der Waals surface area contributed by atoms with Crippen molar-refractivity contribution in [2.24, 2.45) is 0 Å². The van der Waals surface area contributed by atoms with Gasteiger partial charge in [-0.3, -0.25) is 9.80 Å². The molecule has 2 fully saturated rings. The Labute approximate surface area is 174 Å². The van der Waals surface area contributed by atoms with Gasteiger partial charge >= 0.3 is 12.2 Å². The number of fused-ring (bicyclic) bond motifs is 1. The summed E-state index contributed by atoms with van der Waals surface area (Å²) in [5.41, 5.74) is -0.612. The fraction of sp³-hybridized carbons (Fsp3) is 0.278. The molecule has 5 nitrogen and oxygen atoms in total. The second-order valence-corrected chi connectivity index (χ2v) is 9.85. The number of benzene rings is 2.